The van der Waals surface area contributed by atoms with Crippen molar-refractivity contribution in [2.45, 2.75) is 37.6 Å². The lowest BCUT2D eigenvalue weighted by atomic mass is 10.1. The Morgan fingerprint density at radius 2 is 1.67 bits per heavy atom. The van der Waals surface area contributed by atoms with E-state index in [1.54, 1.807) is 12.1 Å². The minimum Gasteiger partial charge on any atom is -0.351 e. The predicted molar refractivity (Wildman–Crippen MR) is 71.2 cm³/mol. The highest BCUT2D eigenvalue weighted by Crippen LogP contribution is 2.11. The molecule has 5 heteroatoms. The van der Waals surface area contributed by atoms with Gasteiger partial charge in [-0.3, -0.25) is 4.79 Å². The zero-order chi connectivity index (χ0) is 14.0. The topological polar surface area (TPSA) is 63.2 Å². The molecule has 0 heterocycles. The molecule has 0 saturated carbocycles. The number of carbonyl (C=O) groups excluding carboxylic acids is 1. The third-order valence-corrected chi connectivity index (χ3v) is 3.36. The Morgan fingerprint density at radius 1 is 1.17 bits per heavy atom. The predicted octanol–water partition coefficient (Wildman–Crippen LogP) is 1.55. The average molecular weight is 269 g/mol. The van der Waals surface area contributed by atoms with Crippen molar-refractivity contribution in [3.8, 4) is 0 Å². The lowest BCUT2D eigenvalue weighted by Crippen LogP contribution is -2.41. The normalized spacial score (nSPS) is 12.2. The highest BCUT2D eigenvalue weighted by molar-refractivity contribution is 7.90. The molecule has 0 radical (unpaired) electrons. The van der Waals surface area contributed by atoms with Crippen LogP contribution in [0.3, 0.4) is 0 Å². The van der Waals surface area contributed by atoms with Gasteiger partial charge in [-0.05, 0) is 38.5 Å². The first-order valence-electron chi connectivity index (χ1n) is 5.68. The fourth-order valence-corrected chi connectivity index (χ4v) is 2.13. The smallest absolute Gasteiger partial charge is 0.224 e. The second kappa shape index (κ2) is 5.10. The molecule has 0 bridgehead atoms. The van der Waals surface area contributed by atoms with E-state index in [2.05, 4.69) is 5.32 Å². The summed E-state index contributed by atoms with van der Waals surface area (Å²) in [5, 5.41) is 2.86. The van der Waals surface area contributed by atoms with Crippen LogP contribution in [-0.2, 0) is 21.1 Å². The average Bonchev–Trinajstić information content (AvgIpc) is 2.13. The molecule has 0 unspecified atom stereocenters. The molecule has 1 aromatic carbocycles. The summed E-state index contributed by atoms with van der Waals surface area (Å²) in [5.74, 6) is -0.0744. The first kappa shape index (κ1) is 14.7. The Morgan fingerprint density at radius 3 is 2.06 bits per heavy atom. The lowest BCUT2D eigenvalue weighted by Gasteiger charge is -2.20. The molecule has 100 valence electrons. The van der Waals surface area contributed by atoms with Gasteiger partial charge >= 0.3 is 0 Å². The molecular formula is C13H19NO3S. The first-order valence-corrected chi connectivity index (χ1v) is 7.57. The minimum absolute atomic E-state index is 0.0744. The van der Waals surface area contributed by atoms with Gasteiger partial charge in [0.05, 0.1) is 11.3 Å². The van der Waals surface area contributed by atoms with Crippen LogP contribution in [0.15, 0.2) is 29.2 Å². The fraction of sp³-hybridized carbons (Fsp3) is 0.462. The third kappa shape index (κ3) is 4.87. The molecule has 18 heavy (non-hydrogen) atoms. The molecule has 0 spiro atoms. The van der Waals surface area contributed by atoms with Crippen LogP contribution < -0.4 is 5.32 Å². The summed E-state index contributed by atoms with van der Waals surface area (Å²) in [6, 6.07) is 6.38. The summed E-state index contributed by atoms with van der Waals surface area (Å²) < 4.78 is 22.5. The maximum atomic E-state index is 11.7. The van der Waals surface area contributed by atoms with Crippen molar-refractivity contribution in [3.05, 3.63) is 29.8 Å². The molecule has 1 aromatic rings. The van der Waals surface area contributed by atoms with Crippen molar-refractivity contribution >= 4 is 15.7 Å². The molecule has 1 amide bonds. The summed E-state index contributed by atoms with van der Waals surface area (Å²) >= 11 is 0. The van der Waals surface area contributed by atoms with Crippen LogP contribution in [0, 0.1) is 0 Å². The molecule has 0 saturated heterocycles. The van der Waals surface area contributed by atoms with Gasteiger partial charge in [-0.15, -0.1) is 0 Å². The van der Waals surface area contributed by atoms with E-state index in [0.717, 1.165) is 11.8 Å². The van der Waals surface area contributed by atoms with E-state index >= 15 is 0 Å². The number of benzene rings is 1. The van der Waals surface area contributed by atoms with Crippen LogP contribution in [0.4, 0.5) is 0 Å². The van der Waals surface area contributed by atoms with E-state index in [1.165, 1.54) is 12.1 Å². The van der Waals surface area contributed by atoms with Crippen molar-refractivity contribution in [2.75, 3.05) is 6.26 Å². The standard InChI is InChI=1S/C13H19NO3S/c1-13(2,3)14-12(15)9-10-5-7-11(8-6-10)18(4,16)17/h5-8H,9H2,1-4H3,(H,14,15). The largest absolute Gasteiger partial charge is 0.351 e. The van der Waals surface area contributed by atoms with E-state index < -0.39 is 9.84 Å². The van der Waals surface area contributed by atoms with Crippen molar-refractivity contribution < 1.29 is 13.2 Å². The number of amides is 1. The van der Waals surface area contributed by atoms with Crippen molar-refractivity contribution in [2.24, 2.45) is 0 Å². The minimum atomic E-state index is -3.18. The molecule has 0 atom stereocenters. The Kier molecular flexibility index (Phi) is 4.16. The fourth-order valence-electron chi connectivity index (χ4n) is 1.50. The van der Waals surface area contributed by atoms with E-state index in [-0.39, 0.29) is 22.8 Å². The van der Waals surface area contributed by atoms with E-state index in [0.29, 0.717) is 0 Å². The molecule has 0 aliphatic heterocycles. The van der Waals surface area contributed by atoms with Crippen molar-refractivity contribution in [1.29, 1.82) is 0 Å². The van der Waals surface area contributed by atoms with E-state index in [9.17, 15) is 13.2 Å². The number of hydrogen-bond acceptors (Lipinski definition) is 3. The number of sulfone groups is 1. The van der Waals surface area contributed by atoms with Gasteiger partial charge < -0.3 is 5.32 Å². The number of nitrogens with one attached hydrogen (secondary N) is 1. The monoisotopic (exact) mass is 269 g/mol. The third-order valence-electron chi connectivity index (χ3n) is 2.23. The first-order chi connectivity index (χ1) is 8.08. The Labute approximate surface area is 108 Å². The lowest BCUT2D eigenvalue weighted by molar-refractivity contribution is -0.121. The molecule has 1 N–H and O–H groups in total. The Bertz CT molecular complexity index is 524. The molecule has 0 aromatic heterocycles. The van der Waals surface area contributed by atoms with Crippen LogP contribution in [0.1, 0.15) is 26.3 Å². The van der Waals surface area contributed by atoms with Gasteiger partial charge in [0.1, 0.15) is 0 Å². The molecule has 0 aliphatic carbocycles. The SMILES string of the molecule is CC(C)(C)NC(=O)Cc1ccc(S(C)(=O)=O)cc1. The zero-order valence-electron chi connectivity index (χ0n) is 11.1. The van der Waals surface area contributed by atoms with Crippen molar-refractivity contribution in [3.63, 3.8) is 0 Å². The van der Waals surface area contributed by atoms with Crippen LogP contribution in [0.5, 0.6) is 0 Å². The second-order valence-corrected chi connectivity index (χ2v) is 7.41. The number of carbonyl (C=O) groups is 1. The summed E-state index contributed by atoms with van der Waals surface area (Å²) in [6.07, 6.45) is 1.41. The molecule has 4 nitrogen and oxygen atoms in total. The number of rotatable bonds is 3. The van der Waals surface area contributed by atoms with Gasteiger partial charge in [-0.1, -0.05) is 12.1 Å². The van der Waals surface area contributed by atoms with Crippen LogP contribution in [0.25, 0.3) is 0 Å². The highest BCUT2D eigenvalue weighted by Gasteiger charge is 2.14. The molecule has 1 rings (SSSR count). The van der Waals surface area contributed by atoms with Gasteiger partial charge in [0.25, 0.3) is 0 Å². The maximum Gasteiger partial charge on any atom is 0.224 e. The highest BCUT2D eigenvalue weighted by atomic mass is 32.2. The Hall–Kier alpha value is -1.36. The summed E-state index contributed by atoms with van der Waals surface area (Å²) in [5.41, 5.74) is 0.535. The van der Waals surface area contributed by atoms with E-state index in [4.69, 9.17) is 0 Å². The second-order valence-electron chi connectivity index (χ2n) is 5.39. The van der Waals surface area contributed by atoms with Crippen LogP contribution in [-0.4, -0.2) is 26.1 Å². The van der Waals surface area contributed by atoms with Gasteiger partial charge in [0.15, 0.2) is 9.84 Å². The summed E-state index contributed by atoms with van der Waals surface area (Å²) in [7, 11) is -3.18. The molecule has 0 fully saturated rings. The summed E-state index contributed by atoms with van der Waals surface area (Å²) in [4.78, 5) is 11.9. The number of hydrogen-bond donors (Lipinski definition) is 1. The quantitative estimate of drug-likeness (QED) is 0.905. The maximum absolute atomic E-state index is 11.7. The van der Waals surface area contributed by atoms with Crippen LogP contribution in [0.2, 0.25) is 0 Å². The molecule has 0 aliphatic rings. The van der Waals surface area contributed by atoms with Gasteiger partial charge in [0, 0.05) is 11.8 Å². The molecular weight excluding hydrogens is 250 g/mol. The van der Waals surface area contributed by atoms with Gasteiger partial charge in [-0.25, -0.2) is 8.42 Å². The summed E-state index contributed by atoms with van der Waals surface area (Å²) in [6.45, 7) is 5.74. The zero-order valence-corrected chi connectivity index (χ0v) is 12.0. The van der Waals surface area contributed by atoms with Gasteiger partial charge in [-0.2, -0.15) is 0 Å². The van der Waals surface area contributed by atoms with Gasteiger partial charge in [0.2, 0.25) is 5.91 Å². The van der Waals surface area contributed by atoms with Crippen LogP contribution >= 0.6 is 0 Å². The Balaban J connectivity index is 2.73. The van der Waals surface area contributed by atoms with Crippen molar-refractivity contribution in [1.82, 2.24) is 5.32 Å². The van der Waals surface area contributed by atoms with E-state index in [1.807, 2.05) is 20.8 Å².